The van der Waals surface area contributed by atoms with Crippen molar-refractivity contribution in [2.24, 2.45) is 5.41 Å². The summed E-state index contributed by atoms with van der Waals surface area (Å²) in [5.74, 6) is -1.53. The molecule has 0 radical (unpaired) electrons. The molecule has 1 aromatic heterocycles. The first-order valence-corrected chi connectivity index (χ1v) is 9.44. The fourth-order valence-corrected chi connectivity index (χ4v) is 3.46. The van der Waals surface area contributed by atoms with Gasteiger partial charge in [-0.15, -0.1) is 0 Å². The number of benzene rings is 1. The summed E-state index contributed by atoms with van der Waals surface area (Å²) in [5.41, 5.74) is -0.225. The number of Topliss-reactive ketones (excluding diaryl/α,β-unsaturated/α-hetero) is 1. The minimum Gasteiger partial charge on any atom is -0.349 e. The van der Waals surface area contributed by atoms with Crippen molar-refractivity contribution in [3.8, 4) is 5.69 Å². The highest BCUT2D eigenvalue weighted by Gasteiger charge is 2.31. The molecule has 1 aromatic carbocycles. The Bertz CT molecular complexity index is 946. The summed E-state index contributed by atoms with van der Waals surface area (Å²) in [6, 6.07) is 4.66. The monoisotopic (exact) mass is 424 g/mol. The zero-order valence-electron chi connectivity index (χ0n) is 18.0. The van der Waals surface area contributed by atoms with Crippen LogP contribution in [-0.4, -0.2) is 53.6 Å². The molecular weight excluding hydrogens is 397 g/mol. The lowest BCUT2D eigenvalue weighted by Gasteiger charge is -2.28. The molecule has 0 spiro atoms. The Morgan fingerprint density at radius 2 is 1.80 bits per heavy atom. The second-order valence-corrected chi connectivity index (χ2v) is 8.42. The summed E-state index contributed by atoms with van der Waals surface area (Å²) in [5, 5.41) is 6.86. The number of hydrogen-bond donors (Lipinski definition) is 1. The molecule has 0 fully saturated rings. The maximum absolute atomic E-state index is 13.0. The van der Waals surface area contributed by atoms with Crippen molar-refractivity contribution in [1.82, 2.24) is 20.0 Å². The molecule has 2 rings (SSSR count). The summed E-state index contributed by atoms with van der Waals surface area (Å²) in [7, 11) is 3.84. The number of carbonyl (C=O) groups excluding carboxylic acids is 2. The molecule has 164 valence electrons. The van der Waals surface area contributed by atoms with Crippen LogP contribution in [0.25, 0.3) is 5.69 Å². The smallest absolute Gasteiger partial charge is 0.349 e. The quantitative estimate of drug-likeness (QED) is 0.547. The number of nitrogens with one attached hydrogen (secondary N) is 1. The topological polar surface area (TPSA) is 67.2 Å². The Morgan fingerprint density at radius 3 is 2.37 bits per heavy atom. The lowest BCUT2D eigenvalue weighted by molar-refractivity contribution is -0.137. The molecule has 0 aliphatic carbocycles. The highest BCUT2D eigenvalue weighted by atomic mass is 19.4. The highest BCUT2D eigenvalue weighted by molar-refractivity contribution is 6.43. The van der Waals surface area contributed by atoms with Crippen LogP contribution in [0, 0.1) is 19.3 Å². The lowest BCUT2D eigenvalue weighted by Crippen LogP contribution is -2.42. The van der Waals surface area contributed by atoms with Crippen molar-refractivity contribution >= 4 is 11.7 Å². The summed E-state index contributed by atoms with van der Waals surface area (Å²) < 4.78 is 40.3. The van der Waals surface area contributed by atoms with Crippen molar-refractivity contribution in [3.05, 3.63) is 46.8 Å². The number of rotatable bonds is 7. The van der Waals surface area contributed by atoms with Gasteiger partial charge in [0.2, 0.25) is 0 Å². The number of carbonyl (C=O) groups is 2. The fraction of sp³-hybridized carbons (Fsp3) is 0.476. The van der Waals surface area contributed by atoms with Gasteiger partial charge in [0.15, 0.2) is 0 Å². The van der Waals surface area contributed by atoms with Crippen LogP contribution in [0.1, 0.15) is 41.2 Å². The molecule has 0 saturated carbocycles. The van der Waals surface area contributed by atoms with Crippen LogP contribution in [0.15, 0.2) is 24.3 Å². The molecule has 0 atom stereocenters. The summed E-state index contributed by atoms with van der Waals surface area (Å²) in [6.45, 7) is 8.06. The van der Waals surface area contributed by atoms with E-state index in [9.17, 15) is 22.8 Å². The van der Waals surface area contributed by atoms with E-state index in [2.05, 4.69) is 10.4 Å². The Morgan fingerprint density at radius 1 is 1.17 bits per heavy atom. The molecule has 0 saturated heterocycles. The highest BCUT2D eigenvalue weighted by Crippen LogP contribution is 2.31. The zero-order valence-corrected chi connectivity index (χ0v) is 18.0. The van der Waals surface area contributed by atoms with Crippen LogP contribution in [0.4, 0.5) is 13.2 Å². The summed E-state index contributed by atoms with van der Waals surface area (Å²) in [6.07, 6.45) is -4.50. The van der Waals surface area contributed by atoms with Crippen LogP contribution < -0.4 is 5.32 Å². The van der Waals surface area contributed by atoms with E-state index in [1.165, 1.54) is 16.8 Å². The number of nitrogens with zero attached hydrogens (tertiary/aromatic N) is 3. The minimum atomic E-state index is -4.50. The predicted molar refractivity (Wildman–Crippen MR) is 108 cm³/mol. The minimum absolute atomic E-state index is 0.0929. The third kappa shape index (κ3) is 5.47. The van der Waals surface area contributed by atoms with Gasteiger partial charge in [0.25, 0.3) is 11.7 Å². The molecule has 0 bridgehead atoms. The average molecular weight is 424 g/mol. The molecule has 2 aromatic rings. The third-order valence-electron chi connectivity index (χ3n) is 4.61. The van der Waals surface area contributed by atoms with E-state index in [4.69, 9.17) is 0 Å². The Balaban J connectivity index is 2.27. The number of hydrogen-bond acceptors (Lipinski definition) is 4. The van der Waals surface area contributed by atoms with Gasteiger partial charge >= 0.3 is 6.18 Å². The van der Waals surface area contributed by atoms with E-state index in [0.717, 1.165) is 12.1 Å². The molecule has 0 aliphatic rings. The molecule has 1 N–H and O–H groups in total. The molecule has 0 unspecified atom stereocenters. The van der Waals surface area contributed by atoms with Crippen LogP contribution in [-0.2, 0) is 11.0 Å². The molecule has 1 heterocycles. The van der Waals surface area contributed by atoms with Crippen molar-refractivity contribution < 1.29 is 22.8 Å². The van der Waals surface area contributed by atoms with Gasteiger partial charge in [0.05, 0.1) is 28.2 Å². The number of amides is 1. The van der Waals surface area contributed by atoms with Gasteiger partial charge in [-0.05, 0) is 51.6 Å². The van der Waals surface area contributed by atoms with E-state index in [0.29, 0.717) is 18.8 Å². The van der Waals surface area contributed by atoms with Crippen LogP contribution in [0.3, 0.4) is 0 Å². The van der Waals surface area contributed by atoms with Crippen LogP contribution in [0.2, 0.25) is 0 Å². The zero-order chi connectivity index (χ0) is 22.9. The average Bonchev–Trinajstić information content (AvgIpc) is 2.92. The normalized spacial score (nSPS) is 12.3. The van der Waals surface area contributed by atoms with E-state index in [1.54, 1.807) is 13.8 Å². The van der Waals surface area contributed by atoms with E-state index >= 15 is 0 Å². The van der Waals surface area contributed by atoms with Crippen LogP contribution >= 0.6 is 0 Å². The first-order valence-electron chi connectivity index (χ1n) is 9.44. The molecule has 6 nitrogen and oxygen atoms in total. The Kier molecular flexibility index (Phi) is 6.76. The van der Waals surface area contributed by atoms with Crippen molar-refractivity contribution in [2.75, 3.05) is 27.2 Å². The van der Waals surface area contributed by atoms with Gasteiger partial charge in [-0.3, -0.25) is 9.59 Å². The van der Waals surface area contributed by atoms with E-state index < -0.39 is 23.4 Å². The maximum Gasteiger partial charge on any atom is 0.416 e. The van der Waals surface area contributed by atoms with Crippen molar-refractivity contribution in [3.63, 3.8) is 0 Å². The van der Waals surface area contributed by atoms with Crippen LogP contribution in [0.5, 0.6) is 0 Å². The second kappa shape index (κ2) is 8.59. The van der Waals surface area contributed by atoms with E-state index in [-0.39, 0.29) is 22.4 Å². The Hall–Kier alpha value is -2.68. The maximum atomic E-state index is 13.0. The number of aromatic nitrogens is 2. The van der Waals surface area contributed by atoms with E-state index in [1.807, 2.05) is 32.8 Å². The molecule has 1 amide bonds. The van der Waals surface area contributed by atoms with Crippen molar-refractivity contribution in [2.45, 2.75) is 33.9 Å². The van der Waals surface area contributed by atoms with Gasteiger partial charge in [0.1, 0.15) is 0 Å². The molecule has 0 aliphatic heterocycles. The number of aryl methyl sites for hydroxylation is 1. The standard InChI is InChI=1S/C21H27F3N4O2/c1-13-17(18(29)19(30)25-11-20(3,4)12-27(5)6)14(2)28(26-13)16-9-7-8-15(10-16)21(22,23)24/h7-10H,11-12H2,1-6H3,(H,25,30). The molecule has 30 heavy (non-hydrogen) atoms. The van der Waals surface area contributed by atoms with Gasteiger partial charge in [-0.2, -0.15) is 18.3 Å². The largest absolute Gasteiger partial charge is 0.416 e. The molecule has 9 heteroatoms. The number of ketones is 1. The number of alkyl halides is 3. The number of halogens is 3. The first-order chi connectivity index (χ1) is 13.7. The van der Waals surface area contributed by atoms with Gasteiger partial charge in [0, 0.05) is 13.1 Å². The van der Waals surface area contributed by atoms with Gasteiger partial charge < -0.3 is 10.2 Å². The summed E-state index contributed by atoms with van der Waals surface area (Å²) >= 11 is 0. The van der Waals surface area contributed by atoms with Crippen molar-refractivity contribution in [1.29, 1.82) is 0 Å². The Labute approximate surface area is 174 Å². The predicted octanol–water partition coefficient (Wildman–Crippen LogP) is 3.39. The molecular formula is C21H27F3N4O2. The first kappa shape index (κ1) is 23.6. The van der Waals surface area contributed by atoms with Gasteiger partial charge in [-0.25, -0.2) is 4.68 Å². The SMILES string of the molecule is Cc1nn(-c2cccc(C(F)(F)F)c2)c(C)c1C(=O)C(=O)NCC(C)(C)CN(C)C. The summed E-state index contributed by atoms with van der Waals surface area (Å²) in [4.78, 5) is 27.2. The lowest BCUT2D eigenvalue weighted by atomic mass is 9.93. The van der Waals surface area contributed by atoms with Gasteiger partial charge in [-0.1, -0.05) is 19.9 Å². The third-order valence-corrected chi connectivity index (χ3v) is 4.61. The fourth-order valence-electron chi connectivity index (χ4n) is 3.46. The second-order valence-electron chi connectivity index (χ2n) is 8.42.